The minimum absolute atomic E-state index is 0.141. The number of pyridine rings is 1. The highest BCUT2D eigenvalue weighted by molar-refractivity contribution is 5.97. The lowest BCUT2D eigenvalue weighted by Crippen LogP contribution is -2.28. The summed E-state index contributed by atoms with van der Waals surface area (Å²) in [4.78, 5) is 20.9. The van der Waals surface area contributed by atoms with E-state index >= 15 is 0 Å². The Hall–Kier alpha value is -3.68. The molecule has 32 heavy (non-hydrogen) atoms. The van der Waals surface area contributed by atoms with Crippen LogP contribution in [-0.2, 0) is 6.18 Å². The van der Waals surface area contributed by atoms with Gasteiger partial charge in [-0.25, -0.2) is 4.79 Å². The fraction of sp³-hybridized carbons (Fsp3) is 0.286. The van der Waals surface area contributed by atoms with Crippen molar-refractivity contribution in [2.45, 2.75) is 38.1 Å². The molecular weight excluding hydrogens is 435 g/mol. The van der Waals surface area contributed by atoms with E-state index in [1.165, 1.54) is 18.3 Å². The number of hydrogen-bond acceptors (Lipinski definition) is 5. The summed E-state index contributed by atoms with van der Waals surface area (Å²) >= 11 is 0. The SMILES string of the molecule is C#CC1(Nc2nc(=O)n(-c3cccnc3C)c3cc(C(F)(F)F)cc(OC(F)F)c23)CC1. The number of halogens is 5. The Bertz CT molecular complexity index is 1310. The molecule has 0 bridgehead atoms. The number of nitrogens with one attached hydrogen (secondary N) is 1. The van der Waals surface area contributed by atoms with Crippen molar-refractivity contribution in [2.24, 2.45) is 0 Å². The maximum absolute atomic E-state index is 13.6. The molecule has 166 valence electrons. The largest absolute Gasteiger partial charge is 0.434 e. The van der Waals surface area contributed by atoms with Gasteiger partial charge in [-0.15, -0.1) is 6.42 Å². The minimum Gasteiger partial charge on any atom is -0.434 e. The molecule has 0 atom stereocenters. The minimum atomic E-state index is -4.90. The lowest BCUT2D eigenvalue weighted by atomic mass is 10.1. The summed E-state index contributed by atoms with van der Waals surface area (Å²) in [6, 6.07) is 4.07. The summed E-state index contributed by atoms with van der Waals surface area (Å²) in [7, 11) is 0. The van der Waals surface area contributed by atoms with Crippen LogP contribution in [0.4, 0.5) is 27.8 Å². The first-order valence-electron chi connectivity index (χ1n) is 9.35. The number of alkyl halides is 5. The van der Waals surface area contributed by atoms with Crippen LogP contribution in [-0.4, -0.2) is 26.7 Å². The zero-order valence-electron chi connectivity index (χ0n) is 16.5. The van der Waals surface area contributed by atoms with Gasteiger partial charge in [0.05, 0.1) is 33.4 Å². The predicted octanol–water partition coefficient (Wildman–Crippen LogP) is 4.29. The average Bonchev–Trinajstić information content (AvgIpc) is 3.47. The van der Waals surface area contributed by atoms with Crippen LogP contribution < -0.4 is 15.7 Å². The van der Waals surface area contributed by atoms with E-state index in [1.807, 2.05) is 0 Å². The first kappa shape index (κ1) is 21.5. The molecule has 0 saturated heterocycles. The second kappa shape index (κ2) is 7.47. The third-order valence-electron chi connectivity index (χ3n) is 5.11. The third kappa shape index (κ3) is 3.84. The van der Waals surface area contributed by atoms with Gasteiger partial charge < -0.3 is 10.1 Å². The van der Waals surface area contributed by atoms with E-state index in [-0.39, 0.29) is 22.4 Å². The lowest BCUT2D eigenvalue weighted by Gasteiger charge is -2.20. The van der Waals surface area contributed by atoms with Gasteiger partial charge in [0.25, 0.3) is 0 Å². The normalized spacial score (nSPS) is 14.9. The molecule has 2 heterocycles. The molecule has 4 rings (SSSR count). The number of anilines is 1. The van der Waals surface area contributed by atoms with Crippen molar-refractivity contribution in [1.29, 1.82) is 0 Å². The summed E-state index contributed by atoms with van der Waals surface area (Å²) < 4.78 is 72.3. The van der Waals surface area contributed by atoms with Crippen molar-refractivity contribution in [1.82, 2.24) is 14.5 Å². The molecule has 1 aromatic carbocycles. The highest BCUT2D eigenvalue weighted by atomic mass is 19.4. The van der Waals surface area contributed by atoms with Crippen molar-refractivity contribution in [2.75, 3.05) is 5.32 Å². The van der Waals surface area contributed by atoms with Crippen LogP contribution in [0, 0.1) is 19.3 Å². The van der Waals surface area contributed by atoms with E-state index in [0.29, 0.717) is 30.7 Å². The Morgan fingerprint density at radius 2 is 2.03 bits per heavy atom. The van der Waals surface area contributed by atoms with Gasteiger partial charge in [0.15, 0.2) is 0 Å². The van der Waals surface area contributed by atoms with Gasteiger partial charge in [-0.1, -0.05) is 5.92 Å². The van der Waals surface area contributed by atoms with Crippen LogP contribution in [0.3, 0.4) is 0 Å². The first-order valence-corrected chi connectivity index (χ1v) is 9.35. The van der Waals surface area contributed by atoms with Crippen molar-refractivity contribution in [3.05, 3.63) is 52.2 Å². The van der Waals surface area contributed by atoms with Crippen molar-refractivity contribution < 1.29 is 26.7 Å². The highest BCUT2D eigenvalue weighted by Gasteiger charge is 2.42. The van der Waals surface area contributed by atoms with Crippen LogP contribution in [0.25, 0.3) is 16.6 Å². The number of rotatable bonds is 5. The molecule has 2 aromatic heterocycles. The Morgan fingerprint density at radius 1 is 1.31 bits per heavy atom. The maximum Gasteiger partial charge on any atom is 0.416 e. The molecule has 1 aliphatic rings. The Balaban J connectivity index is 2.13. The van der Waals surface area contributed by atoms with Crippen LogP contribution >= 0.6 is 0 Å². The van der Waals surface area contributed by atoms with E-state index in [9.17, 15) is 26.7 Å². The van der Waals surface area contributed by atoms with E-state index in [0.717, 1.165) is 4.57 Å². The molecule has 1 fully saturated rings. The van der Waals surface area contributed by atoms with Gasteiger partial charge >= 0.3 is 18.5 Å². The van der Waals surface area contributed by atoms with Gasteiger partial charge in [0.2, 0.25) is 0 Å². The monoisotopic (exact) mass is 450 g/mol. The molecule has 11 heteroatoms. The van der Waals surface area contributed by atoms with Crippen molar-refractivity contribution >= 4 is 16.7 Å². The van der Waals surface area contributed by atoms with E-state index in [2.05, 4.69) is 25.9 Å². The number of benzene rings is 1. The van der Waals surface area contributed by atoms with E-state index in [1.54, 1.807) is 6.92 Å². The molecule has 0 unspecified atom stereocenters. The standard InChI is InChI=1S/C21H15F5N4O2/c1-3-20(6-7-20)29-17-16-14(9-12(21(24,25)26)10-15(16)32-18(22)23)30(19(31)28-17)13-5-4-8-27-11(13)2/h1,4-5,8-10,18H,6-7H2,2H3,(H,28,29,31). The maximum atomic E-state index is 13.6. The number of fused-ring (bicyclic) bond motifs is 1. The smallest absolute Gasteiger partial charge is 0.416 e. The van der Waals surface area contributed by atoms with E-state index in [4.69, 9.17) is 6.42 Å². The van der Waals surface area contributed by atoms with Gasteiger partial charge in [0, 0.05) is 6.20 Å². The molecular formula is C21H15F5N4O2. The number of terminal acetylenes is 1. The molecule has 1 aliphatic carbocycles. The molecule has 0 aliphatic heterocycles. The Morgan fingerprint density at radius 3 is 2.59 bits per heavy atom. The van der Waals surface area contributed by atoms with Gasteiger partial charge in [-0.2, -0.15) is 26.9 Å². The fourth-order valence-corrected chi connectivity index (χ4v) is 3.36. The Labute approximate surface area is 178 Å². The molecule has 3 aromatic rings. The van der Waals surface area contributed by atoms with Crippen LogP contribution in [0.1, 0.15) is 24.1 Å². The molecule has 1 N–H and O–H groups in total. The average molecular weight is 450 g/mol. The zero-order chi connectivity index (χ0) is 23.3. The summed E-state index contributed by atoms with van der Waals surface area (Å²) in [6.07, 6.45) is 3.08. The second-order valence-corrected chi connectivity index (χ2v) is 7.28. The van der Waals surface area contributed by atoms with Crippen LogP contribution in [0.5, 0.6) is 5.75 Å². The number of ether oxygens (including phenoxy) is 1. The number of hydrogen-bond donors (Lipinski definition) is 1. The van der Waals surface area contributed by atoms with Gasteiger partial charge in [-0.3, -0.25) is 9.55 Å². The zero-order valence-corrected chi connectivity index (χ0v) is 16.5. The molecule has 6 nitrogen and oxygen atoms in total. The lowest BCUT2D eigenvalue weighted by molar-refractivity contribution is -0.137. The van der Waals surface area contributed by atoms with Crippen LogP contribution in [0.2, 0.25) is 0 Å². The molecule has 0 amide bonds. The van der Waals surface area contributed by atoms with Gasteiger partial charge in [-0.05, 0) is 44.0 Å². The third-order valence-corrected chi connectivity index (χ3v) is 5.11. The summed E-state index contributed by atoms with van der Waals surface area (Å²) in [6.45, 7) is -1.88. The van der Waals surface area contributed by atoms with Crippen LogP contribution in [0.15, 0.2) is 35.3 Å². The van der Waals surface area contributed by atoms with Crippen molar-refractivity contribution in [3.8, 4) is 23.8 Å². The second-order valence-electron chi connectivity index (χ2n) is 7.28. The topological polar surface area (TPSA) is 69.0 Å². The number of aromatic nitrogens is 3. The quantitative estimate of drug-likeness (QED) is 0.464. The molecule has 0 spiro atoms. The first-order chi connectivity index (χ1) is 15.0. The fourth-order valence-electron chi connectivity index (χ4n) is 3.36. The molecule has 1 saturated carbocycles. The number of aryl methyl sites for hydroxylation is 1. The highest BCUT2D eigenvalue weighted by Crippen LogP contribution is 2.43. The van der Waals surface area contributed by atoms with E-state index < -0.39 is 35.3 Å². The van der Waals surface area contributed by atoms with Crippen molar-refractivity contribution in [3.63, 3.8) is 0 Å². The molecule has 0 radical (unpaired) electrons. The summed E-state index contributed by atoms with van der Waals surface area (Å²) in [5.74, 6) is 1.47. The number of nitrogens with zero attached hydrogens (tertiary/aromatic N) is 3. The Kier molecular flexibility index (Phi) is 5.03. The summed E-state index contributed by atoms with van der Waals surface area (Å²) in [5, 5.41) is 2.61. The predicted molar refractivity (Wildman–Crippen MR) is 106 cm³/mol. The summed E-state index contributed by atoms with van der Waals surface area (Å²) in [5.41, 5.74) is -2.96. The van der Waals surface area contributed by atoms with Gasteiger partial charge in [0.1, 0.15) is 11.6 Å².